The summed E-state index contributed by atoms with van der Waals surface area (Å²) < 4.78 is 42.7. The number of nitrogens with one attached hydrogen (secondary N) is 2. The van der Waals surface area contributed by atoms with Crippen molar-refractivity contribution in [1.29, 1.82) is 0 Å². The summed E-state index contributed by atoms with van der Waals surface area (Å²) in [7, 11) is 1.54. The maximum absolute atomic E-state index is 13.4. The number of hydrogen-bond donors (Lipinski definition) is 2. The van der Waals surface area contributed by atoms with Gasteiger partial charge in [-0.05, 0) is 30.3 Å². The number of hydrogen-bond acceptors (Lipinski definition) is 3. The lowest BCUT2D eigenvalue weighted by atomic mass is 10.1. The number of para-hydroxylation sites is 2. The second kappa shape index (κ2) is 7.46. The highest BCUT2D eigenvalue weighted by molar-refractivity contribution is 5.94. The van der Waals surface area contributed by atoms with Crippen LogP contribution in [0.4, 0.5) is 24.5 Å². The molecule has 1 aromatic heterocycles. The van der Waals surface area contributed by atoms with Crippen LogP contribution in [0.3, 0.4) is 0 Å². The van der Waals surface area contributed by atoms with E-state index in [-0.39, 0.29) is 5.69 Å². The van der Waals surface area contributed by atoms with Gasteiger partial charge < -0.3 is 10.6 Å². The van der Waals surface area contributed by atoms with Gasteiger partial charge in [-0.15, -0.1) is 0 Å². The first kappa shape index (κ1) is 20.2. The van der Waals surface area contributed by atoms with Crippen LogP contribution in [0.15, 0.2) is 47.3 Å². The van der Waals surface area contributed by atoms with E-state index < -0.39 is 41.5 Å². The molecule has 0 fully saturated rings. The highest BCUT2D eigenvalue weighted by Gasteiger charge is 2.34. The molecule has 0 aliphatic heterocycles. The summed E-state index contributed by atoms with van der Waals surface area (Å²) in [6.07, 6.45) is -4.76. The predicted molar refractivity (Wildman–Crippen MR) is 102 cm³/mol. The van der Waals surface area contributed by atoms with Crippen molar-refractivity contribution in [3.8, 4) is 0 Å². The summed E-state index contributed by atoms with van der Waals surface area (Å²) in [5.74, 6) is -1.31. The minimum absolute atomic E-state index is 0.0481. The minimum atomic E-state index is -4.76. The number of rotatable bonds is 4. The number of aromatic nitrogens is 2. The van der Waals surface area contributed by atoms with E-state index in [0.29, 0.717) is 11.0 Å². The average Bonchev–Trinajstić information content (AvgIpc) is 2.87. The number of carbonyl (C=O) groups excluding carboxylic acids is 2. The summed E-state index contributed by atoms with van der Waals surface area (Å²) in [5, 5.41) is 4.47. The van der Waals surface area contributed by atoms with E-state index in [1.165, 1.54) is 22.1 Å². The molecule has 0 saturated carbocycles. The second-order valence-corrected chi connectivity index (χ2v) is 6.40. The number of amides is 2. The summed E-state index contributed by atoms with van der Waals surface area (Å²) in [4.78, 5) is 35.9. The maximum atomic E-state index is 13.4. The van der Waals surface area contributed by atoms with Crippen LogP contribution in [0, 0.1) is 0 Å². The zero-order valence-electron chi connectivity index (χ0n) is 15.5. The first-order valence-electron chi connectivity index (χ1n) is 8.51. The van der Waals surface area contributed by atoms with E-state index in [1.807, 2.05) is 0 Å². The van der Waals surface area contributed by atoms with E-state index in [2.05, 4.69) is 10.6 Å². The second-order valence-electron chi connectivity index (χ2n) is 6.40. The molecule has 0 unspecified atom stereocenters. The van der Waals surface area contributed by atoms with Gasteiger partial charge in [0, 0.05) is 19.7 Å². The van der Waals surface area contributed by atoms with Crippen LogP contribution in [0.25, 0.3) is 11.0 Å². The smallest absolute Gasteiger partial charge is 0.326 e. The largest absolute Gasteiger partial charge is 0.418 e. The van der Waals surface area contributed by atoms with E-state index >= 15 is 0 Å². The van der Waals surface area contributed by atoms with Gasteiger partial charge >= 0.3 is 11.9 Å². The van der Waals surface area contributed by atoms with Crippen LogP contribution < -0.4 is 16.3 Å². The van der Waals surface area contributed by atoms with Crippen molar-refractivity contribution in [2.75, 3.05) is 10.6 Å². The zero-order chi connectivity index (χ0) is 21.3. The lowest BCUT2D eigenvalue weighted by Gasteiger charge is -2.15. The third-order valence-corrected chi connectivity index (χ3v) is 4.27. The lowest BCUT2D eigenvalue weighted by Crippen LogP contribution is -2.29. The number of nitrogens with zero attached hydrogens (tertiary/aromatic N) is 2. The minimum Gasteiger partial charge on any atom is -0.326 e. The summed E-state index contributed by atoms with van der Waals surface area (Å²) in [5.41, 5.74) is -0.994. The normalized spacial score (nSPS) is 11.5. The van der Waals surface area contributed by atoms with Gasteiger partial charge in [0.15, 0.2) is 0 Å². The molecule has 0 saturated heterocycles. The zero-order valence-corrected chi connectivity index (χ0v) is 15.5. The summed E-state index contributed by atoms with van der Waals surface area (Å²) in [6.45, 7) is 0.718. The van der Waals surface area contributed by atoms with Crippen LogP contribution in [0.2, 0.25) is 0 Å². The number of anilines is 2. The van der Waals surface area contributed by atoms with Gasteiger partial charge in [0.25, 0.3) is 0 Å². The van der Waals surface area contributed by atoms with Gasteiger partial charge in [0.1, 0.15) is 6.54 Å². The summed E-state index contributed by atoms with van der Waals surface area (Å²) >= 11 is 0. The monoisotopic (exact) mass is 406 g/mol. The van der Waals surface area contributed by atoms with Crippen LogP contribution >= 0.6 is 0 Å². The molecule has 10 heteroatoms. The molecule has 7 nitrogen and oxygen atoms in total. The Hall–Kier alpha value is -3.56. The van der Waals surface area contributed by atoms with Gasteiger partial charge in [-0.25, -0.2) is 4.79 Å². The van der Waals surface area contributed by atoms with E-state index in [4.69, 9.17) is 0 Å². The Labute approximate surface area is 162 Å². The Morgan fingerprint density at radius 2 is 1.69 bits per heavy atom. The molecule has 0 aliphatic rings. The molecule has 0 aliphatic carbocycles. The van der Waals surface area contributed by atoms with Crippen molar-refractivity contribution in [2.24, 2.45) is 7.05 Å². The Kier molecular flexibility index (Phi) is 5.19. The molecular formula is C19H17F3N4O3. The van der Waals surface area contributed by atoms with Crippen molar-refractivity contribution in [1.82, 2.24) is 9.13 Å². The first-order valence-corrected chi connectivity index (χ1v) is 8.51. The quantitative estimate of drug-likeness (QED) is 0.699. The van der Waals surface area contributed by atoms with E-state index in [9.17, 15) is 27.6 Å². The lowest BCUT2D eigenvalue weighted by molar-refractivity contribution is -0.137. The van der Waals surface area contributed by atoms with E-state index in [0.717, 1.165) is 12.1 Å². The van der Waals surface area contributed by atoms with Gasteiger partial charge in [-0.1, -0.05) is 12.1 Å². The number of imidazole rings is 1. The number of aryl methyl sites for hydroxylation is 1. The number of carbonyl (C=O) groups is 2. The fourth-order valence-corrected chi connectivity index (χ4v) is 3.02. The maximum Gasteiger partial charge on any atom is 0.418 e. The van der Waals surface area contributed by atoms with Gasteiger partial charge in [0.05, 0.1) is 22.3 Å². The van der Waals surface area contributed by atoms with Crippen LogP contribution in [-0.2, 0) is 29.4 Å². The number of alkyl halides is 3. The Morgan fingerprint density at radius 1 is 1.03 bits per heavy atom. The van der Waals surface area contributed by atoms with Crippen molar-refractivity contribution >= 4 is 34.2 Å². The van der Waals surface area contributed by atoms with Crippen molar-refractivity contribution in [3.05, 3.63) is 58.5 Å². The highest BCUT2D eigenvalue weighted by Crippen LogP contribution is 2.36. The molecule has 152 valence electrons. The molecule has 0 atom stereocenters. The van der Waals surface area contributed by atoms with Crippen molar-refractivity contribution in [3.63, 3.8) is 0 Å². The molecular weight excluding hydrogens is 389 g/mol. The fraction of sp³-hybridized carbons (Fsp3) is 0.211. The Morgan fingerprint density at radius 3 is 2.31 bits per heavy atom. The molecule has 2 N–H and O–H groups in total. The van der Waals surface area contributed by atoms with Crippen LogP contribution in [-0.4, -0.2) is 20.9 Å². The molecule has 0 radical (unpaired) electrons. The molecule has 2 amide bonds. The van der Waals surface area contributed by atoms with Crippen LogP contribution in [0.5, 0.6) is 0 Å². The third-order valence-electron chi connectivity index (χ3n) is 4.27. The first-order chi connectivity index (χ1) is 13.6. The molecule has 2 aromatic carbocycles. The SMILES string of the molecule is CC(=O)Nc1ccc(NC(=O)Cn2c(=O)n(C)c3ccccc32)c(C(F)(F)F)c1. The molecule has 3 rings (SSSR count). The predicted octanol–water partition coefficient (Wildman–Crippen LogP) is 2.96. The summed E-state index contributed by atoms with van der Waals surface area (Å²) in [6, 6.07) is 9.81. The van der Waals surface area contributed by atoms with Gasteiger partial charge in [-0.3, -0.25) is 18.7 Å². The molecule has 29 heavy (non-hydrogen) atoms. The van der Waals surface area contributed by atoms with Crippen molar-refractivity contribution < 1.29 is 22.8 Å². The third kappa shape index (κ3) is 4.15. The van der Waals surface area contributed by atoms with Crippen molar-refractivity contribution in [2.45, 2.75) is 19.6 Å². The Bertz CT molecular complexity index is 1160. The number of fused-ring (bicyclic) bond motifs is 1. The van der Waals surface area contributed by atoms with Gasteiger partial charge in [0.2, 0.25) is 11.8 Å². The van der Waals surface area contributed by atoms with Gasteiger partial charge in [-0.2, -0.15) is 13.2 Å². The van der Waals surface area contributed by atoms with Crippen LogP contribution in [0.1, 0.15) is 12.5 Å². The fourth-order valence-electron chi connectivity index (χ4n) is 3.02. The topological polar surface area (TPSA) is 85.1 Å². The standard InChI is InChI=1S/C19H17F3N4O3/c1-11(27)23-12-7-8-14(13(9-12)19(20,21)22)24-17(28)10-26-16-6-4-3-5-15(16)25(2)18(26)29/h3-9H,10H2,1-2H3,(H,23,27)(H,24,28). The molecule has 0 spiro atoms. The average molecular weight is 406 g/mol. The number of halogens is 3. The van der Waals surface area contributed by atoms with E-state index in [1.54, 1.807) is 31.3 Å². The molecule has 3 aromatic rings. The molecule has 1 heterocycles. The highest BCUT2D eigenvalue weighted by atomic mass is 19.4. The Balaban J connectivity index is 1.91. The number of benzene rings is 2. The molecule has 0 bridgehead atoms.